The molecule has 35 heavy (non-hydrogen) atoms. The molecule has 0 fully saturated rings. The van der Waals surface area contributed by atoms with Crippen LogP contribution in [0.3, 0.4) is 0 Å². The molecule has 4 aromatic rings. The first-order valence-corrected chi connectivity index (χ1v) is 11.3. The molecule has 3 aromatic heterocycles. The van der Waals surface area contributed by atoms with E-state index in [1.165, 1.54) is 0 Å². The predicted molar refractivity (Wildman–Crippen MR) is 131 cm³/mol. The number of nitrogens with zero attached hydrogens (tertiary/aromatic N) is 3. The largest absolute Gasteiger partial charge is 0.467 e. The van der Waals surface area contributed by atoms with E-state index >= 15 is 0 Å². The maximum absolute atomic E-state index is 13.0. The van der Waals surface area contributed by atoms with Gasteiger partial charge in [0.2, 0.25) is 0 Å². The molecule has 8 nitrogen and oxygen atoms in total. The summed E-state index contributed by atoms with van der Waals surface area (Å²) >= 11 is 0. The SMILES string of the molecule is CCc1nc2ccccc2c(C)c1C(=O)OCC(=O)Nc1c(C#N)c(C)c(C)n1Cc1ccco1. The minimum Gasteiger partial charge on any atom is -0.467 e. The van der Waals surface area contributed by atoms with Gasteiger partial charge >= 0.3 is 5.97 Å². The maximum Gasteiger partial charge on any atom is 0.340 e. The highest BCUT2D eigenvalue weighted by atomic mass is 16.5. The molecule has 1 N–H and O–H groups in total. The lowest BCUT2D eigenvalue weighted by Crippen LogP contribution is -2.24. The summed E-state index contributed by atoms with van der Waals surface area (Å²) < 4.78 is 12.6. The number of furan rings is 1. The zero-order valence-electron chi connectivity index (χ0n) is 20.1. The Balaban J connectivity index is 1.55. The number of carbonyl (C=O) groups is 2. The summed E-state index contributed by atoms with van der Waals surface area (Å²) in [5.41, 5.74) is 4.53. The molecule has 1 amide bonds. The van der Waals surface area contributed by atoms with Crippen molar-refractivity contribution in [3.63, 3.8) is 0 Å². The summed E-state index contributed by atoms with van der Waals surface area (Å²) in [5, 5.41) is 13.3. The third-order valence-corrected chi connectivity index (χ3v) is 6.19. The van der Waals surface area contributed by atoms with Crippen molar-refractivity contribution < 1.29 is 18.7 Å². The molecule has 0 aliphatic rings. The molecule has 0 saturated heterocycles. The van der Waals surface area contributed by atoms with Crippen LogP contribution in [0, 0.1) is 32.1 Å². The standard InChI is InChI=1S/C27H26N4O4/c1-5-22-25(17(3)20-10-6-7-11-23(20)29-22)27(33)35-15-24(32)30-26-21(13-28)16(2)18(4)31(26)14-19-9-8-12-34-19/h6-12H,5,14-15H2,1-4H3,(H,30,32). The Morgan fingerprint density at radius 3 is 2.60 bits per heavy atom. The number of amides is 1. The highest BCUT2D eigenvalue weighted by Crippen LogP contribution is 2.28. The van der Waals surface area contributed by atoms with Gasteiger partial charge in [-0.1, -0.05) is 25.1 Å². The Labute approximate surface area is 203 Å². The average molecular weight is 471 g/mol. The van der Waals surface area contributed by atoms with Crippen molar-refractivity contribution in [3.8, 4) is 6.07 Å². The number of hydrogen-bond acceptors (Lipinski definition) is 6. The molecule has 0 atom stereocenters. The lowest BCUT2D eigenvalue weighted by atomic mass is 10.0. The van der Waals surface area contributed by atoms with E-state index in [2.05, 4.69) is 16.4 Å². The highest BCUT2D eigenvalue weighted by Gasteiger charge is 2.23. The fraction of sp³-hybridized carbons (Fsp3) is 0.259. The number of para-hydroxylation sites is 1. The van der Waals surface area contributed by atoms with Crippen molar-refractivity contribution in [2.24, 2.45) is 0 Å². The molecule has 8 heteroatoms. The number of aromatic nitrogens is 2. The maximum atomic E-state index is 13.0. The van der Waals surface area contributed by atoms with Gasteiger partial charge in [-0.05, 0) is 56.5 Å². The zero-order chi connectivity index (χ0) is 25.1. The number of esters is 1. The van der Waals surface area contributed by atoms with Crippen LogP contribution in [0.1, 0.15) is 51.1 Å². The topological polar surface area (TPSA) is 110 Å². The van der Waals surface area contributed by atoms with Gasteiger partial charge in [0.1, 0.15) is 17.6 Å². The lowest BCUT2D eigenvalue weighted by Gasteiger charge is -2.14. The van der Waals surface area contributed by atoms with Gasteiger partial charge in [-0.25, -0.2) is 4.79 Å². The van der Waals surface area contributed by atoms with E-state index in [9.17, 15) is 14.9 Å². The van der Waals surface area contributed by atoms with E-state index in [-0.39, 0.29) is 0 Å². The predicted octanol–water partition coefficient (Wildman–Crippen LogP) is 4.83. The van der Waals surface area contributed by atoms with Crippen molar-refractivity contribution in [2.45, 2.75) is 40.7 Å². The van der Waals surface area contributed by atoms with E-state index in [0.29, 0.717) is 41.4 Å². The third kappa shape index (κ3) is 4.53. The number of ether oxygens (including phenoxy) is 1. The fourth-order valence-electron chi connectivity index (χ4n) is 4.23. The molecule has 0 spiro atoms. The van der Waals surface area contributed by atoms with Crippen LogP contribution in [0.5, 0.6) is 0 Å². The Morgan fingerprint density at radius 1 is 1.14 bits per heavy atom. The Bertz CT molecular complexity index is 1460. The first kappa shape index (κ1) is 23.8. The summed E-state index contributed by atoms with van der Waals surface area (Å²) in [7, 11) is 0. The number of nitrogens with one attached hydrogen (secondary N) is 1. The number of benzene rings is 1. The molecule has 0 radical (unpaired) electrons. The fourth-order valence-corrected chi connectivity index (χ4v) is 4.23. The second kappa shape index (κ2) is 9.85. The molecule has 4 rings (SSSR count). The van der Waals surface area contributed by atoms with Gasteiger partial charge in [0, 0.05) is 11.1 Å². The van der Waals surface area contributed by atoms with Gasteiger partial charge in [-0.3, -0.25) is 9.78 Å². The van der Waals surface area contributed by atoms with E-state index in [4.69, 9.17) is 9.15 Å². The van der Waals surface area contributed by atoms with Gasteiger partial charge in [0.15, 0.2) is 6.61 Å². The smallest absolute Gasteiger partial charge is 0.340 e. The van der Waals surface area contributed by atoms with Crippen LogP contribution in [0.15, 0.2) is 47.1 Å². The average Bonchev–Trinajstić information content (AvgIpc) is 3.45. The third-order valence-electron chi connectivity index (χ3n) is 6.19. The van der Waals surface area contributed by atoms with E-state index in [0.717, 1.165) is 27.7 Å². The molecule has 0 aliphatic heterocycles. The number of hydrogen-bond donors (Lipinski definition) is 1. The molecule has 178 valence electrons. The quantitative estimate of drug-likeness (QED) is 0.387. The first-order valence-electron chi connectivity index (χ1n) is 11.3. The number of anilines is 1. The van der Waals surface area contributed by atoms with E-state index in [1.807, 2.05) is 58.0 Å². The van der Waals surface area contributed by atoms with Crippen LogP contribution in [0.25, 0.3) is 10.9 Å². The minimum absolute atomic E-state index is 0.345. The molecular formula is C27H26N4O4. The zero-order valence-corrected chi connectivity index (χ0v) is 20.1. The molecule has 0 unspecified atom stereocenters. The summed E-state index contributed by atoms with van der Waals surface area (Å²) in [6.45, 7) is 7.32. The highest BCUT2D eigenvalue weighted by molar-refractivity contribution is 6.00. The number of fused-ring (bicyclic) bond motifs is 1. The second-order valence-corrected chi connectivity index (χ2v) is 8.26. The molecular weight excluding hydrogens is 444 g/mol. The second-order valence-electron chi connectivity index (χ2n) is 8.26. The number of carbonyl (C=O) groups excluding carboxylic acids is 2. The van der Waals surface area contributed by atoms with E-state index in [1.54, 1.807) is 16.9 Å². The van der Waals surface area contributed by atoms with Crippen molar-refractivity contribution in [1.82, 2.24) is 9.55 Å². The van der Waals surface area contributed by atoms with Crippen LogP contribution in [0.4, 0.5) is 5.82 Å². The molecule has 1 aromatic carbocycles. The van der Waals surface area contributed by atoms with Crippen molar-refractivity contribution in [2.75, 3.05) is 11.9 Å². The summed E-state index contributed by atoms with van der Waals surface area (Å²) in [6, 6.07) is 13.3. The van der Waals surface area contributed by atoms with Gasteiger partial charge in [-0.2, -0.15) is 5.26 Å². The number of aryl methyl sites for hydroxylation is 2. The van der Waals surface area contributed by atoms with Gasteiger partial charge in [-0.15, -0.1) is 0 Å². The van der Waals surface area contributed by atoms with Crippen LogP contribution < -0.4 is 5.32 Å². The van der Waals surface area contributed by atoms with Crippen LogP contribution in [-0.4, -0.2) is 28.0 Å². The normalized spacial score (nSPS) is 10.8. The molecule has 0 bridgehead atoms. The van der Waals surface area contributed by atoms with Crippen LogP contribution in [0.2, 0.25) is 0 Å². The monoisotopic (exact) mass is 470 g/mol. The first-order chi connectivity index (χ1) is 16.8. The number of rotatable bonds is 7. The van der Waals surface area contributed by atoms with Gasteiger partial charge < -0.3 is 19.0 Å². The van der Waals surface area contributed by atoms with Crippen LogP contribution in [-0.2, 0) is 22.5 Å². The number of pyridine rings is 1. The van der Waals surface area contributed by atoms with Gasteiger partial charge in [0.25, 0.3) is 5.91 Å². The summed E-state index contributed by atoms with van der Waals surface area (Å²) in [6.07, 6.45) is 2.12. The van der Waals surface area contributed by atoms with Crippen LogP contribution >= 0.6 is 0 Å². The molecule has 3 heterocycles. The Hall–Kier alpha value is -4.38. The van der Waals surface area contributed by atoms with E-state index < -0.39 is 18.5 Å². The van der Waals surface area contributed by atoms with Crippen molar-refractivity contribution in [3.05, 3.63) is 82.1 Å². The van der Waals surface area contributed by atoms with Crippen molar-refractivity contribution in [1.29, 1.82) is 5.26 Å². The molecule has 0 saturated carbocycles. The summed E-state index contributed by atoms with van der Waals surface area (Å²) in [4.78, 5) is 30.4. The summed E-state index contributed by atoms with van der Waals surface area (Å²) in [5.74, 6) is -0.122. The van der Waals surface area contributed by atoms with Crippen molar-refractivity contribution >= 4 is 28.6 Å². The van der Waals surface area contributed by atoms with Gasteiger partial charge in [0.05, 0.1) is 35.1 Å². The minimum atomic E-state index is -0.605. The lowest BCUT2D eigenvalue weighted by molar-refractivity contribution is -0.119. The Kier molecular flexibility index (Phi) is 6.69. The Morgan fingerprint density at radius 2 is 1.91 bits per heavy atom. The molecule has 0 aliphatic carbocycles. The number of nitriles is 1.